The van der Waals surface area contributed by atoms with E-state index in [4.69, 9.17) is 12.2 Å². The zero-order valence-electron chi connectivity index (χ0n) is 10.5. The number of allylic oxidation sites excluding steroid dienone is 2. The Morgan fingerprint density at radius 2 is 2.11 bits per heavy atom. The highest BCUT2D eigenvalue weighted by Crippen LogP contribution is 2.22. The van der Waals surface area contributed by atoms with Crippen LogP contribution in [0.4, 0.5) is 0 Å². The maximum absolute atomic E-state index is 5.41. The molecule has 0 saturated carbocycles. The third-order valence-corrected chi connectivity index (χ3v) is 4.05. The van der Waals surface area contributed by atoms with Gasteiger partial charge in [0.15, 0.2) is 4.77 Å². The van der Waals surface area contributed by atoms with Crippen LogP contribution in [0.15, 0.2) is 35.9 Å². The number of nitrogens with one attached hydrogen (secondary N) is 1. The van der Waals surface area contributed by atoms with Crippen LogP contribution in [0.25, 0.3) is 11.0 Å². The molecule has 0 fully saturated rings. The van der Waals surface area contributed by atoms with Gasteiger partial charge in [-0.15, -0.1) is 0 Å². The Hall–Kier alpha value is -1.35. The van der Waals surface area contributed by atoms with Crippen LogP contribution in [0.3, 0.4) is 0 Å². The molecular formula is C15H18N2S. The molecule has 0 radical (unpaired) electrons. The number of nitrogens with zero attached hydrogens (tertiary/aromatic N) is 1. The summed E-state index contributed by atoms with van der Waals surface area (Å²) in [6.07, 6.45) is 8.80. The van der Waals surface area contributed by atoms with Crippen LogP contribution in [-0.4, -0.2) is 9.55 Å². The van der Waals surface area contributed by atoms with Gasteiger partial charge >= 0.3 is 0 Å². The Bertz CT molecular complexity index is 633. The Morgan fingerprint density at radius 1 is 1.22 bits per heavy atom. The van der Waals surface area contributed by atoms with Gasteiger partial charge < -0.3 is 9.55 Å². The summed E-state index contributed by atoms with van der Waals surface area (Å²) in [5.74, 6) is 0. The van der Waals surface area contributed by atoms with Crippen molar-refractivity contribution in [1.29, 1.82) is 0 Å². The molecule has 0 unspecified atom stereocenters. The molecular weight excluding hydrogens is 240 g/mol. The first-order valence-corrected chi connectivity index (χ1v) is 7.11. The molecule has 0 atom stereocenters. The van der Waals surface area contributed by atoms with Crippen molar-refractivity contribution in [2.75, 3.05) is 0 Å². The van der Waals surface area contributed by atoms with Gasteiger partial charge in [0.2, 0.25) is 0 Å². The summed E-state index contributed by atoms with van der Waals surface area (Å²) in [5.41, 5.74) is 3.97. The summed E-state index contributed by atoms with van der Waals surface area (Å²) in [6.45, 7) is 0.995. The number of aromatic nitrogens is 2. The second-order valence-corrected chi connectivity index (χ2v) is 5.34. The molecule has 2 nitrogen and oxygen atoms in total. The van der Waals surface area contributed by atoms with Crippen molar-refractivity contribution in [3.8, 4) is 0 Å². The fraction of sp³-hybridized carbons (Fsp3) is 0.400. The minimum absolute atomic E-state index is 0.840. The fourth-order valence-corrected chi connectivity index (χ4v) is 3.02. The molecule has 1 N–H and O–H groups in total. The molecule has 1 aromatic heterocycles. The molecule has 1 aromatic carbocycles. The number of hydrogen-bond donors (Lipinski definition) is 1. The minimum atomic E-state index is 0.840. The first-order chi connectivity index (χ1) is 8.84. The zero-order valence-corrected chi connectivity index (χ0v) is 11.3. The Kier molecular flexibility index (Phi) is 3.33. The molecule has 1 aliphatic rings. The Labute approximate surface area is 112 Å². The van der Waals surface area contributed by atoms with E-state index in [-0.39, 0.29) is 0 Å². The Balaban J connectivity index is 1.84. The van der Waals surface area contributed by atoms with Gasteiger partial charge in [-0.05, 0) is 56.5 Å². The van der Waals surface area contributed by atoms with Gasteiger partial charge in [0.25, 0.3) is 0 Å². The summed E-state index contributed by atoms with van der Waals surface area (Å²) in [5, 5.41) is 0. The van der Waals surface area contributed by atoms with Crippen molar-refractivity contribution in [2.45, 2.75) is 38.6 Å². The number of para-hydroxylation sites is 2. The average molecular weight is 258 g/mol. The van der Waals surface area contributed by atoms with E-state index in [0.29, 0.717) is 0 Å². The molecule has 18 heavy (non-hydrogen) atoms. The lowest BCUT2D eigenvalue weighted by molar-refractivity contribution is 0.630. The van der Waals surface area contributed by atoms with E-state index in [1.807, 2.05) is 6.07 Å². The summed E-state index contributed by atoms with van der Waals surface area (Å²) < 4.78 is 3.06. The van der Waals surface area contributed by atoms with Gasteiger partial charge in [-0.2, -0.15) is 0 Å². The van der Waals surface area contributed by atoms with Crippen LogP contribution >= 0.6 is 12.2 Å². The maximum Gasteiger partial charge on any atom is 0.178 e. The fourth-order valence-electron chi connectivity index (χ4n) is 2.72. The smallest absolute Gasteiger partial charge is 0.178 e. The van der Waals surface area contributed by atoms with Crippen LogP contribution in [0.2, 0.25) is 0 Å². The molecule has 94 valence electrons. The van der Waals surface area contributed by atoms with E-state index >= 15 is 0 Å². The molecule has 0 spiro atoms. The van der Waals surface area contributed by atoms with Gasteiger partial charge in [0.05, 0.1) is 11.0 Å². The zero-order chi connectivity index (χ0) is 12.4. The predicted molar refractivity (Wildman–Crippen MR) is 78.3 cm³/mol. The van der Waals surface area contributed by atoms with E-state index in [0.717, 1.165) is 23.3 Å². The highest BCUT2D eigenvalue weighted by Gasteiger charge is 2.06. The summed E-state index contributed by atoms with van der Waals surface area (Å²) in [7, 11) is 0. The molecule has 1 aliphatic carbocycles. The molecule has 0 saturated heterocycles. The van der Waals surface area contributed by atoms with Crippen molar-refractivity contribution in [2.24, 2.45) is 0 Å². The molecule has 0 aliphatic heterocycles. The first-order valence-electron chi connectivity index (χ1n) is 6.70. The second kappa shape index (κ2) is 5.11. The largest absolute Gasteiger partial charge is 0.331 e. The van der Waals surface area contributed by atoms with Gasteiger partial charge in [0, 0.05) is 6.54 Å². The summed E-state index contributed by atoms with van der Waals surface area (Å²) in [4.78, 5) is 3.27. The molecule has 1 heterocycles. The number of H-pyrrole nitrogens is 1. The highest BCUT2D eigenvalue weighted by atomic mass is 32.1. The van der Waals surface area contributed by atoms with E-state index in [1.54, 1.807) is 5.57 Å². The van der Waals surface area contributed by atoms with Crippen LogP contribution in [0, 0.1) is 4.77 Å². The normalized spacial score (nSPS) is 15.9. The van der Waals surface area contributed by atoms with Gasteiger partial charge in [0.1, 0.15) is 0 Å². The monoisotopic (exact) mass is 258 g/mol. The molecule has 3 heteroatoms. The standard InChI is InChI=1S/C15H18N2S/c18-15-16-13-8-4-5-9-14(13)17(15)11-10-12-6-2-1-3-7-12/h4-6,8-9H,1-3,7,10-11H2,(H,16,18). The van der Waals surface area contributed by atoms with Crippen LogP contribution in [0.1, 0.15) is 32.1 Å². The van der Waals surface area contributed by atoms with Gasteiger partial charge in [-0.25, -0.2) is 0 Å². The predicted octanol–water partition coefficient (Wildman–Crippen LogP) is 4.59. The SMILES string of the molecule is S=c1[nH]c2ccccc2n1CCC1=CCCCC1. The molecule has 0 bridgehead atoms. The molecule has 3 rings (SSSR count). The van der Waals surface area contributed by atoms with E-state index in [9.17, 15) is 0 Å². The average Bonchev–Trinajstić information content (AvgIpc) is 2.73. The number of hydrogen-bond acceptors (Lipinski definition) is 1. The van der Waals surface area contributed by atoms with E-state index < -0.39 is 0 Å². The van der Waals surface area contributed by atoms with Crippen molar-refractivity contribution in [1.82, 2.24) is 9.55 Å². The quantitative estimate of drug-likeness (QED) is 0.631. The van der Waals surface area contributed by atoms with Crippen molar-refractivity contribution in [3.05, 3.63) is 40.7 Å². The highest BCUT2D eigenvalue weighted by molar-refractivity contribution is 7.71. The second-order valence-electron chi connectivity index (χ2n) is 4.96. The van der Waals surface area contributed by atoms with Crippen molar-refractivity contribution in [3.63, 3.8) is 0 Å². The molecule has 0 amide bonds. The lowest BCUT2D eigenvalue weighted by Crippen LogP contribution is -2.01. The number of imidazole rings is 1. The summed E-state index contributed by atoms with van der Waals surface area (Å²) >= 11 is 5.41. The van der Waals surface area contributed by atoms with E-state index in [1.165, 1.54) is 31.2 Å². The van der Waals surface area contributed by atoms with Crippen LogP contribution < -0.4 is 0 Å². The molecule has 2 aromatic rings. The van der Waals surface area contributed by atoms with Crippen LogP contribution in [-0.2, 0) is 6.54 Å². The number of rotatable bonds is 3. The van der Waals surface area contributed by atoms with Gasteiger partial charge in [-0.1, -0.05) is 23.8 Å². The number of aryl methyl sites for hydroxylation is 1. The van der Waals surface area contributed by atoms with Gasteiger partial charge in [-0.3, -0.25) is 0 Å². The number of benzene rings is 1. The van der Waals surface area contributed by atoms with Crippen molar-refractivity contribution < 1.29 is 0 Å². The van der Waals surface area contributed by atoms with E-state index in [2.05, 4.69) is 33.8 Å². The maximum atomic E-state index is 5.41. The summed E-state index contributed by atoms with van der Waals surface area (Å²) in [6, 6.07) is 8.33. The number of aromatic amines is 1. The lowest BCUT2D eigenvalue weighted by atomic mass is 9.97. The number of fused-ring (bicyclic) bond motifs is 1. The third-order valence-electron chi connectivity index (χ3n) is 3.72. The first kappa shape index (κ1) is 11.7. The minimum Gasteiger partial charge on any atom is -0.331 e. The lowest BCUT2D eigenvalue weighted by Gasteiger charge is -2.13. The third kappa shape index (κ3) is 2.27. The topological polar surface area (TPSA) is 20.7 Å². The van der Waals surface area contributed by atoms with Crippen LogP contribution in [0.5, 0.6) is 0 Å². The van der Waals surface area contributed by atoms with Crippen molar-refractivity contribution >= 4 is 23.3 Å². The Morgan fingerprint density at radius 3 is 2.94 bits per heavy atom.